The molecule has 3 N–H and O–H groups in total. The van der Waals surface area contributed by atoms with Gasteiger partial charge in [-0.2, -0.15) is 13.2 Å². The normalized spacial score (nSPS) is 31.6. The molecule has 0 saturated heterocycles. The first kappa shape index (κ1) is 14.6. The van der Waals surface area contributed by atoms with Gasteiger partial charge in [0.25, 0.3) is 0 Å². The van der Waals surface area contributed by atoms with Crippen LogP contribution in [0.15, 0.2) is 0 Å². The van der Waals surface area contributed by atoms with Crippen LogP contribution in [0.5, 0.6) is 0 Å². The number of carbonyl (C=O) groups is 1. The quantitative estimate of drug-likeness (QED) is 0.832. The highest BCUT2D eigenvalue weighted by Crippen LogP contribution is 2.40. The summed E-state index contributed by atoms with van der Waals surface area (Å²) in [7, 11) is 0. The number of nitrogens with two attached hydrogens (primary N) is 1. The van der Waals surface area contributed by atoms with Crippen LogP contribution >= 0.6 is 0 Å². The molecule has 2 aliphatic carbocycles. The maximum atomic E-state index is 12.7. The van der Waals surface area contributed by atoms with Crippen LogP contribution in [-0.4, -0.2) is 23.7 Å². The average Bonchev–Trinajstić information content (AvgIpc) is 3.12. The summed E-state index contributed by atoms with van der Waals surface area (Å²) in [6, 6.07) is -0.394. The van der Waals surface area contributed by atoms with E-state index in [9.17, 15) is 18.0 Å². The number of rotatable bonds is 3. The fourth-order valence-corrected chi connectivity index (χ4v) is 2.83. The van der Waals surface area contributed by atoms with Gasteiger partial charge in [-0.15, -0.1) is 0 Å². The first-order valence-electron chi connectivity index (χ1n) is 6.88. The van der Waals surface area contributed by atoms with E-state index in [0.717, 1.165) is 12.8 Å². The Labute approximate surface area is 111 Å². The van der Waals surface area contributed by atoms with Crippen molar-refractivity contribution < 1.29 is 18.0 Å². The molecule has 2 saturated carbocycles. The van der Waals surface area contributed by atoms with Crippen LogP contribution in [0.4, 0.5) is 13.2 Å². The van der Waals surface area contributed by atoms with Crippen LogP contribution in [0.3, 0.4) is 0 Å². The van der Waals surface area contributed by atoms with Crippen molar-refractivity contribution in [3.63, 3.8) is 0 Å². The zero-order valence-electron chi connectivity index (χ0n) is 11.1. The lowest BCUT2D eigenvalue weighted by atomic mass is 9.84. The predicted octanol–water partition coefficient (Wildman–Crippen LogP) is 2.35. The van der Waals surface area contributed by atoms with E-state index < -0.39 is 23.7 Å². The molecule has 2 rings (SSSR count). The van der Waals surface area contributed by atoms with Crippen molar-refractivity contribution in [2.24, 2.45) is 17.6 Å². The summed E-state index contributed by atoms with van der Waals surface area (Å²) in [5, 5.41) is 2.72. The second-order valence-corrected chi connectivity index (χ2v) is 6.13. The van der Waals surface area contributed by atoms with E-state index in [2.05, 4.69) is 5.32 Å². The van der Waals surface area contributed by atoms with Crippen molar-refractivity contribution in [3.05, 3.63) is 0 Å². The van der Waals surface area contributed by atoms with E-state index in [4.69, 9.17) is 5.73 Å². The summed E-state index contributed by atoms with van der Waals surface area (Å²) >= 11 is 0. The lowest BCUT2D eigenvalue weighted by Gasteiger charge is -2.33. The van der Waals surface area contributed by atoms with Gasteiger partial charge in [-0.3, -0.25) is 4.79 Å². The molecule has 0 radical (unpaired) electrons. The van der Waals surface area contributed by atoms with Gasteiger partial charge in [0.05, 0.1) is 11.5 Å². The van der Waals surface area contributed by atoms with Crippen molar-refractivity contribution in [2.45, 2.75) is 63.2 Å². The van der Waals surface area contributed by atoms with Gasteiger partial charge in [-0.05, 0) is 44.9 Å². The van der Waals surface area contributed by atoms with Gasteiger partial charge in [0.1, 0.15) is 0 Å². The summed E-state index contributed by atoms with van der Waals surface area (Å²) in [4.78, 5) is 12.1. The topological polar surface area (TPSA) is 55.1 Å². The highest BCUT2D eigenvalue weighted by molar-refractivity contribution is 5.86. The van der Waals surface area contributed by atoms with Gasteiger partial charge >= 0.3 is 6.18 Å². The van der Waals surface area contributed by atoms with Crippen LogP contribution in [0.2, 0.25) is 0 Å². The molecule has 0 aromatic carbocycles. The third-order valence-corrected chi connectivity index (χ3v) is 4.39. The van der Waals surface area contributed by atoms with Gasteiger partial charge in [0.2, 0.25) is 5.91 Å². The predicted molar refractivity (Wildman–Crippen MR) is 65.3 cm³/mol. The number of halogens is 3. The number of carbonyl (C=O) groups excluding carboxylic acids is 1. The third-order valence-electron chi connectivity index (χ3n) is 4.39. The molecular weight excluding hydrogens is 257 g/mol. The van der Waals surface area contributed by atoms with Crippen molar-refractivity contribution >= 4 is 5.91 Å². The summed E-state index contributed by atoms with van der Waals surface area (Å²) in [5.74, 6) is -1.42. The summed E-state index contributed by atoms with van der Waals surface area (Å²) < 4.78 is 38.1. The molecule has 19 heavy (non-hydrogen) atoms. The zero-order chi connectivity index (χ0) is 14.3. The van der Waals surface area contributed by atoms with E-state index >= 15 is 0 Å². The Kier molecular flexibility index (Phi) is 3.82. The Hall–Kier alpha value is -0.780. The minimum atomic E-state index is -4.16. The third kappa shape index (κ3) is 3.41. The second kappa shape index (κ2) is 4.96. The minimum absolute atomic E-state index is 0.0179. The van der Waals surface area contributed by atoms with Crippen molar-refractivity contribution in [1.82, 2.24) is 5.32 Å². The SMILES string of the molecule is CC(N)(C(=O)NC1CCCC(C(F)(F)F)C1)C1CC1. The highest BCUT2D eigenvalue weighted by Gasteiger charge is 2.46. The summed E-state index contributed by atoms with van der Waals surface area (Å²) in [6.45, 7) is 1.67. The number of nitrogens with one attached hydrogen (secondary N) is 1. The fourth-order valence-electron chi connectivity index (χ4n) is 2.83. The van der Waals surface area contributed by atoms with Crippen molar-refractivity contribution in [1.29, 1.82) is 0 Å². The Balaban J connectivity index is 1.90. The lowest BCUT2D eigenvalue weighted by molar-refractivity contribution is -0.184. The molecule has 0 aromatic rings. The van der Waals surface area contributed by atoms with E-state index in [-0.39, 0.29) is 24.7 Å². The second-order valence-electron chi connectivity index (χ2n) is 6.13. The Morgan fingerprint density at radius 1 is 1.16 bits per heavy atom. The van der Waals surface area contributed by atoms with Gasteiger partial charge in [-0.25, -0.2) is 0 Å². The van der Waals surface area contributed by atoms with Gasteiger partial charge in [0, 0.05) is 6.04 Å². The Morgan fingerprint density at radius 3 is 2.32 bits per heavy atom. The van der Waals surface area contributed by atoms with Crippen molar-refractivity contribution in [3.8, 4) is 0 Å². The molecule has 110 valence electrons. The molecule has 6 heteroatoms. The van der Waals surface area contributed by atoms with Crippen LogP contribution in [-0.2, 0) is 4.79 Å². The number of hydrogen-bond acceptors (Lipinski definition) is 2. The monoisotopic (exact) mass is 278 g/mol. The largest absolute Gasteiger partial charge is 0.391 e. The van der Waals surface area contributed by atoms with E-state index in [1.807, 2.05) is 0 Å². The Bertz CT molecular complexity index is 350. The standard InChI is InChI=1S/C13H21F3N2O/c1-12(17,8-5-6-8)11(19)18-10-4-2-3-9(7-10)13(14,15)16/h8-10H,2-7,17H2,1H3,(H,18,19). The minimum Gasteiger partial charge on any atom is -0.352 e. The molecule has 3 nitrogen and oxygen atoms in total. The van der Waals surface area contributed by atoms with Crippen LogP contribution in [0.25, 0.3) is 0 Å². The Morgan fingerprint density at radius 2 is 1.79 bits per heavy atom. The molecular formula is C13H21F3N2O. The fraction of sp³-hybridized carbons (Fsp3) is 0.923. The first-order valence-corrected chi connectivity index (χ1v) is 6.88. The van der Waals surface area contributed by atoms with E-state index in [0.29, 0.717) is 12.8 Å². The molecule has 0 spiro atoms. The van der Waals surface area contributed by atoms with Gasteiger partial charge < -0.3 is 11.1 Å². The highest BCUT2D eigenvalue weighted by atomic mass is 19.4. The molecule has 0 aromatic heterocycles. The summed E-state index contributed by atoms with van der Waals surface area (Å²) in [5.41, 5.74) is 5.03. The molecule has 1 amide bonds. The molecule has 0 aliphatic heterocycles. The average molecular weight is 278 g/mol. The van der Waals surface area contributed by atoms with E-state index in [1.54, 1.807) is 6.92 Å². The maximum absolute atomic E-state index is 12.7. The van der Waals surface area contributed by atoms with Gasteiger partial charge in [-0.1, -0.05) is 6.42 Å². The molecule has 2 fully saturated rings. The molecule has 3 unspecified atom stereocenters. The first-order chi connectivity index (χ1) is 8.71. The zero-order valence-corrected chi connectivity index (χ0v) is 11.1. The smallest absolute Gasteiger partial charge is 0.352 e. The molecule has 0 bridgehead atoms. The maximum Gasteiger partial charge on any atom is 0.391 e. The summed E-state index contributed by atoms with van der Waals surface area (Å²) in [6.07, 6.45) is -1.05. The molecule has 2 aliphatic rings. The number of amides is 1. The number of alkyl halides is 3. The van der Waals surface area contributed by atoms with E-state index in [1.165, 1.54) is 0 Å². The lowest BCUT2D eigenvalue weighted by Crippen LogP contribution is -2.56. The van der Waals surface area contributed by atoms with Crippen LogP contribution in [0.1, 0.15) is 45.4 Å². The van der Waals surface area contributed by atoms with Crippen LogP contribution in [0, 0.1) is 11.8 Å². The number of hydrogen-bond donors (Lipinski definition) is 2. The molecule has 3 atom stereocenters. The molecule has 0 heterocycles. The van der Waals surface area contributed by atoms with Gasteiger partial charge in [0.15, 0.2) is 0 Å². The van der Waals surface area contributed by atoms with Crippen molar-refractivity contribution in [2.75, 3.05) is 0 Å². The van der Waals surface area contributed by atoms with Crippen LogP contribution < -0.4 is 11.1 Å².